The van der Waals surface area contributed by atoms with Crippen LogP contribution in [0.5, 0.6) is 11.5 Å². The van der Waals surface area contributed by atoms with Gasteiger partial charge in [-0.3, -0.25) is 4.79 Å². The first-order valence-electron chi connectivity index (χ1n) is 11.5. The third kappa shape index (κ3) is 6.03. The molecule has 0 saturated carbocycles. The minimum Gasteiger partial charge on any atom is -0.493 e. The normalized spacial score (nSPS) is 10.8. The van der Waals surface area contributed by atoms with Crippen LogP contribution in [-0.2, 0) is 19.5 Å². The molecule has 0 radical (unpaired) electrons. The van der Waals surface area contributed by atoms with Gasteiger partial charge in [0.05, 0.1) is 31.3 Å². The summed E-state index contributed by atoms with van der Waals surface area (Å²) in [6.07, 6.45) is 3.40. The van der Waals surface area contributed by atoms with Crippen molar-refractivity contribution in [2.45, 2.75) is 25.9 Å². The Morgan fingerprint density at radius 3 is 2.77 bits per heavy atom. The highest BCUT2D eigenvalue weighted by Crippen LogP contribution is 2.28. The highest BCUT2D eigenvalue weighted by Gasteiger charge is 2.13. The molecule has 0 saturated heterocycles. The molecule has 0 atom stereocenters. The van der Waals surface area contributed by atoms with Gasteiger partial charge in [-0.25, -0.2) is 4.98 Å². The van der Waals surface area contributed by atoms with Crippen molar-refractivity contribution in [2.75, 3.05) is 13.7 Å². The molecule has 1 N–H and O–H groups in total. The maximum atomic E-state index is 12.6. The molecule has 180 valence electrons. The molecule has 4 rings (SSSR count). The largest absolute Gasteiger partial charge is 0.493 e. The van der Waals surface area contributed by atoms with E-state index in [0.717, 1.165) is 35.3 Å². The Kier molecular flexibility index (Phi) is 8.06. The second-order valence-electron chi connectivity index (χ2n) is 8.04. The number of allylic oxidation sites excluding steroid dienone is 1. The lowest BCUT2D eigenvalue weighted by molar-refractivity contribution is 0.0949. The Morgan fingerprint density at radius 2 is 1.97 bits per heavy atom. The van der Waals surface area contributed by atoms with Gasteiger partial charge < -0.3 is 19.4 Å². The van der Waals surface area contributed by atoms with Crippen LogP contribution in [0.25, 0.3) is 11.0 Å². The molecule has 0 aliphatic carbocycles. The summed E-state index contributed by atoms with van der Waals surface area (Å²) >= 11 is 6.02. The molecule has 1 heterocycles. The number of hydrogen-bond donors (Lipinski definition) is 1. The average molecular weight is 490 g/mol. The molecule has 0 fully saturated rings. The number of amides is 1. The van der Waals surface area contributed by atoms with Crippen molar-refractivity contribution in [3.05, 3.63) is 101 Å². The zero-order chi connectivity index (χ0) is 24.6. The lowest BCUT2D eigenvalue weighted by atomic mass is 10.1. The van der Waals surface area contributed by atoms with Crippen LogP contribution in [-0.4, -0.2) is 29.2 Å². The molecule has 0 aliphatic rings. The van der Waals surface area contributed by atoms with Crippen molar-refractivity contribution in [2.24, 2.45) is 0 Å². The third-order valence-electron chi connectivity index (χ3n) is 5.62. The second-order valence-corrected chi connectivity index (χ2v) is 8.48. The van der Waals surface area contributed by atoms with E-state index in [1.165, 1.54) is 0 Å². The SMILES string of the molecule is C=CCc1ccc(OCCCn2c(CNC(=O)c3cccc(Cl)c3)nc3ccccc32)c(OC)c1. The topological polar surface area (TPSA) is 65.4 Å². The standard InChI is InChI=1S/C28H28ClN3O3/c1-3-8-20-13-14-25(26(17-20)34-2)35-16-7-15-32-24-12-5-4-11-23(24)31-27(32)19-30-28(33)21-9-6-10-22(29)18-21/h3-6,9-14,17-18H,1,7-8,15-16,19H2,2H3,(H,30,33). The van der Waals surface area contributed by atoms with Crippen LogP contribution < -0.4 is 14.8 Å². The third-order valence-corrected chi connectivity index (χ3v) is 5.85. The van der Waals surface area contributed by atoms with Crippen molar-refractivity contribution in [3.8, 4) is 11.5 Å². The van der Waals surface area contributed by atoms with Crippen LogP contribution in [0.4, 0.5) is 0 Å². The molecule has 4 aromatic rings. The Hall–Kier alpha value is -3.77. The first-order chi connectivity index (χ1) is 17.1. The fourth-order valence-electron chi connectivity index (χ4n) is 3.93. The molecule has 0 bridgehead atoms. The maximum absolute atomic E-state index is 12.6. The second kappa shape index (κ2) is 11.6. The number of benzene rings is 3. The number of carbonyl (C=O) groups is 1. The zero-order valence-electron chi connectivity index (χ0n) is 19.7. The molecule has 0 unspecified atom stereocenters. The summed E-state index contributed by atoms with van der Waals surface area (Å²) < 4.78 is 13.6. The van der Waals surface area contributed by atoms with Gasteiger partial charge in [-0.15, -0.1) is 6.58 Å². The Labute approximate surface area is 210 Å². The number of fused-ring (bicyclic) bond motifs is 1. The van der Waals surface area contributed by atoms with Crippen LogP contribution in [0.2, 0.25) is 5.02 Å². The quantitative estimate of drug-likeness (QED) is 0.213. The van der Waals surface area contributed by atoms with Crippen molar-refractivity contribution in [1.29, 1.82) is 0 Å². The summed E-state index contributed by atoms with van der Waals surface area (Å²) in [5, 5.41) is 3.48. The summed E-state index contributed by atoms with van der Waals surface area (Å²) in [5.41, 5.74) is 3.55. The maximum Gasteiger partial charge on any atom is 0.251 e. The summed E-state index contributed by atoms with van der Waals surface area (Å²) in [6.45, 7) is 5.29. The van der Waals surface area contributed by atoms with Crippen LogP contribution in [0.1, 0.15) is 28.2 Å². The monoisotopic (exact) mass is 489 g/mol. The highest BCUT2D eigenvalue weighted by atomic mass is 35.5. The van der Waals surface area contributed by atoms with Crippen molar-refractivity contribution >= 4 is 28.5 Å². The highest BCUT2D eigenvalue weighted by molar-refractivity contribution is 6.30. The molecule has 35 heavy (non-hydrogen) atoms. The van der Waals surface area contributed by atoms with E-state index in [4.69, 9.17) is 26.1 Å². The minimum absolute atomic E-state index is 0.193. The van der Waals surface area contributed by atoms with Gasteiger partial charge in [0, 0.05) is 17.1 Å². The Balaban J connectivity index is 1.42. The number of para-hydroxylation sites is 2. The van der Waals surface area contributed by atoms with Crippen LogP contribution in [0.3, 0.4) is 0 Å². The van der Waals surface area contributed by atoms with Crippen molar-refractivity contribution in [3.63, 3.8) is 0 Å². The number of aryl methyl sites for hydroxylation is 1. The summed E-state index contributed by atoms with van der Waals surface area (Å²) in [7, 11) is 1.64. The number of hydrogen-bond acceptors (Lipinski definition) is 4. The van der Waals surface area contributed by atoms with E-state index in [2.05, 4.69) is 16.5 Å². The van der Waals surface area contributed by atoms with E-state index in [9.17, 15) is 4.79 Å². The molecule has 1 amide bonds. The van der Waals surface area contributed by atoms with Crippen molar-refractivity contribution < 1.29 is 14.3 Å². The number of aromatic nitrogens is 2. The van der Waals surface area contributed by atoms with E-state index in [1.54, 1.807) is 31.4 Å². The van der Waals surface area contributed by atoms with E-state index in [-0.39, 0.29) is 5.91 Å². The average Bonchev–Trinajstić information content (AvgIpc) is 3.23. The number of imidazole rings is 1. The minimum atomic E-state index is -0.193. The predicted molar refractivity (Wildman–Crippen MR) is 139 cm³/mol. The summed E-state index contributed by atoms with van der Waals surface area (Å²) in [6, 6.07) is 20.8. The lowest BCUT2D eigenvalue weighted by Crippen LogP contribution is -2.25. The molecule has 1 aromatic heterocycles. The molecular formula is C28H28ClN3O3. The van der Waals surface area contributed by atoms with Gasteiger partial charge in [-0.2, -0.15) is 0 Å². The number of ether oxygens (including phenoxy) is 2. The molecule has 6 nitrogen and oxygen atoms in total. The fraction of sp³-hybridized carbons (Fsp3) is 0.214. The zero-order valence-corrected chi connectivity index (χ0v) is 20.4. The number of halogens is 1. The molecule has 7 heteroatoms. The van der Waals surface area contributed by atoms with Crippen LogP contribution in [0, 0.1) is 0 Å². The van der Waals surface area contributed by atoms with E-state index in [1.807, 2.05) is 48.5 Å². The van der Waals surface area contributed by atoms with Crippen LogP contribution in [0.15, 0.2) is 79.4 Å². The van der Waals surface area contributed by atoms with E-state index in [0.29, 0.717) is 41.8 Å². The van der Waals surface area contributed by atoms with Crippen LogP contribution >= 0.6 is 11.6 Å². The predicted octanol–water partition coefficient (Wildman–Crippen LogP) is 5.83. The van der Waals surface area contributed by atoms with Gasteiger partial charge in [0.2, 0.25) is 0 Å². The number of nitrogens with one attached hydrogen (secondary N) is 1. The molecule has 3 aromatic carbocycles. The molecular weight excluding hydrogens is 462 g/mol. The number of nitrogens with zero attached hydrogens (tertiary/aromatic N) is 2. The van der Waals surface area contributed by atoms with E-state index < -0.39 is 0 Å². The van der Waals surface area contributed by atoms with Gasteiger partial charge in [0.1, 0.15) is 5.82 Å². The summed E-state index contributed by atoms with van der Waals surface area (Å²) in [4.78, 5) is 17.3. The fourth-order valence-corrected chi connectivity index (χ4v) is 4.12. The summed E-state index contributed by atoms with van der Waals surface area (Å²) in [5.74, 6) is 2.01. The Morgan fingerprint density at radius 1 is 1.11 bits per heavy atom. The number of methoxy groups -OCH3 is 1. The molecule has 0 aliphatic heterocycles. The Bertz CT molecular complexity index is 1330. The van der Waals surface area contributed by atoms with Gasteiger partial charge in [0.15, 0.2) is 11.5 Å². The van der Waals surface area contributed by atoms with Gasteiger partial charge in [0.25, 0.3) is 5.91 Å². The lowest BCUT2D eigenvalue weighted by Gasteiger charge is -2.13. The first kappa shape index (κ1) is 24.4. The van der Waals surface area contributed by atoms with Gasteiger partial charge in [-0.05, 0) is 60.9 Å². The first-order valence-corrected chi connectivity index (χ1v) is 11.9. The molecule has 0 spiro atoms. The smallest absolute Gasteiger partial charge is 0.251 e. The number of carbonyl (C=O) groups excluding carboxylic acids is 1. The van der Waals surface area contributed by atoms with Gasteiger partial charge >= 0.3 is 0 Å². The van der Waals surface area contributed by atoms with Crippen molar-refractivity contribution in [1.82, 2.24) is 14.9 Å². The number of rotatable bonds is 11. The van der Waals surface area contributed by atoms with E-state index >= 15 is 0 Å². The van der Waals surface area contributed by atoms with Gasteiger partial charge in [-0.1, -0.05) is 41.9 Å².